The van der Waals surface area contributed by atoms with Crippen LogP contribution < -0.4 is 4.90 Å². The molecule has 1 aliphatic rings. The summed E-state index contributed by atoms with van der Waals surface area (Å²) in [5, 5.41) is 38.3. The molecule has 1 fully saturated rings. The van der Waals surface area contributed by atoms with E-state index in [1.54, 1.807) is 12.1 Å². The molecule has 0 atom stereocenters. The molecule has 11 heteroatoms. The molecule has 0 amide bonds. The minimum atomic E-state index is -0.724. The van der Waals surface area contributed by atoms with E-state index in [9.17, 15) is 24.6 Å². The Morgan fingerprint density at radius 3 is 1.90 bits per heavy atom. The Kier molecular flexibility index (Phi) is 7.33. The normalized spacial score (nSPS) is 13.4. The highest BCUT2D eigenvalue weighted by molar-refractivity contribution is 5.60. The number of anilines is 1. The van der Waals surface area contributed by atoms with Crippen molar-refractivity contribution in [3.63, 3.8) is 0 Å². The number of halogens is 1. The number of hydrogen-bond donors (Lipinski definition) is 0. The third kappa shape index (κ3) is 5.47. The molecule has 1 saturated heterocycles. The van der Waals surface area contributed by atoms with Crippen LogP contribution in [-0.4, -0.2) is 48.0 Å². The average Bonchev–Trinajstić information content (AvgIpc) is 2.73. The highest BCUT2D eigenvalue weighted by atomic mass is 19.1. The zero-order valence-corrected chi connectivity index (χ0v) is 16.0. The zero-order chi connectivity index (χ0) is 22.3. The van der Waals surface area contributed by atoms with Gasteiger partial charge in [0.25, 0.3) is 11.4 Å². The molecule has 0 aromatic heterocycles. The molecule has 0 spiro atoms. The lowest BCUT2D eigenvalue weighted by Gasteiger charge is -2.34. The Labute approximate surface area is 171 Å². The molecule has 0 radical (unpaired) electrons. The van der Waals surface area contributed by atoms with E-state index in [1.165, 1.54) is 12.1 Å². The Morgan fingerprint density at radius 1 is 0.900 bits per heavy atom. The van der Waals surface area contributed by atoms with E-state index in [2.05, 4.69) is 16.8 Å². The summed E-state index contributed by atoms with van der Waals surface area (Å²) >= 11 is 0. The summed E-state index contributed by atoms with van der Waals surface area (Å²) in [5.74, 6) is -0.655. The van der Waals surface area contributed by atoms with Crippen LogP contribution in [-0.2, 0) is 0 Å². The summed E-state index contributed by atoms with van der Waals surface area (Å²) in [6.45, 7) is 3.66. The molecule has 0 aliphatic carbocycles. The topological polar surface area (TPSA) is 140 Å². The summed E-state index contributed by atoms with van der Waals surface area (Å²) in [6, 6.07) is 10.9. The van der Waals surface area contributed by atoms with Gasteiger partial charge in [0.15, 0.2) is 0 Å². The van der Waals surface area contributed by atoms with Gasteiger partial charge in [-0.3, -0.25) is 20.2 Å². The fourth-order valence-corrected chi connectivity index (χ4v) is 2.79. The highest BCUT2D eigenvalue weighted by Gasteiger charge is 2.19. The minimum Gasteiger partial charge on any atom is -0.369 e. The first-order valence-corrected chi connectivity index (χ1v) is 8.73. The van der Waals surface area contributed by atoms with Crippen LogP contribution in [0.25, 0.3) is 0 Å². The van der Waals surface area contributed by atoms with Gasteiger partial charge in [-0.2, -0.15) is 10.5 Å². The number of likely N-dealkylation sites (N-methyl/N-ethyl adjacent to an activating group) is 1. The Balaban J connectivity index is 0.000000232. The predicted molar refractivity (Wildman–Crippen MR) is 105 cm³/mol. The fourth-order valence-electron chi connectivity index (χ4n) is 2.79. The van der Waals surface area contributed by atoms with Gasteiger partial charge in [-0.15, -0.1) is 0 Å². The Morgan fingerprint density at radius 2 is 1.40 bits per heavy atom. The zero-order valence-electron chi connectivity index (χ0n) is 16.0. The molecule has 0 N–H and O–H groups in total. The molecule has 1 heterocycles. The van der Waals surface area contributed by atoms with Gasteiger partial charge in [0.2, 0.25) is 0 Å². The number of nitrogens with zero attached hydrogens (tertiary/aromatic N) is 6. The lowest BCUT2D eigenvalue weighted by atomic mass is 10.1. The van der Waals surface area contributed by atoms with Crippen molar-refractivity contribution >= 4 is 17.1 Å². The van der Waals surface area contributed by atoms with Crippen molar-refractivity contribution in [3.05, 3.63) is 73.6 Å². The summed E-state index contributed by atoms with van der Waals surface area (Å²) in [7, 11) is 2.06. The van der Waals surface area contributed by atoms with Crippen molar-refractivity contribution < 1.29 is 14.2 Å². The van der Waals surface area contributed by atoms with Crippen LogP contribution >= 0.6 is 0 Å². The van der Waals surface area contributed by atoms with Gasteiger partial charge in [-0.05, 0) is 31.3 Å². The second kappa shape index (κ2) is 9.91. The van der Waals surface area contributed by atoms with Crippen LogP contribution in [0.1, 0.15) is 11.1 Å². The van der Waals surface area contributed by atoms with Gasteiger partial charge < -0.3 is 9.80 Å². The molecule has 2 aromatic carbocycles. The summed E-state index contributed by atoms with van der Waals surface area (Å²) in [5.41, 5.74) is 0.232. The number of piperazine rings is 1. The summed E-state index contributed by atoms with van der Waals surface area (Å²) < 4.78 is 12.4. The lowest BCUT2D eigenvalue weighted by molar-refractivity contribution is -0.385. The van der Waals surface area contributed by atoms with Gasteiger partial charge >= 0.3 is 0 Å². The van der Waals surface area contributed by atoms with Crippen LogP contribution in [0.15, 0.2) is 36.4 Å². The van der Waals surface area contributed by atoms with Gasteiger partial charge in [-0.1, -0.05) is 0 Å². The first kappa shape index (κ1) is 22.2. The molecule has 3 rings (SSSR count). The van der Waals surface area contributed by atoms with E-state index in [1.807, 2.05) is 6.07 Å². The number of nitro groups is 2. The molecule has 1 aliphatic heterocycles. The van der Waals surface area contributed by atoms with Crippen LogP contribution in [0.5, 0.6) is 0 Å². The maximum absolute atomic E-state index is 12.4. The third-order valence-corrected chi connectivity index (χ3v) is 4.44. The predicted octanol–water partition coefficient (Wildman–Crippen LogP) is 2.82. The number of nitro benzene ring substituents is 2. The van der Waals surface area contributed by atoms with Crippen molar-refractivity contribution in [2.45, 2.75) is 0 Å². The quantitative estimate of drug-likeness (QED) is 0.553. The largest absolute Gasteiger partial charge is 0.369 e. The molecule has 0 saturated carbocycles. The third-order valence-electron chi connectivity index (χ3n) is 4.44. The second-order valence-corrected chi connectivity index (χ2v) is 6.39. The molecule has 154 valence electrons. The molecule has 10 nitrogen and oxygen atoms in total. The minimum absolute atomic E-state index is 0.122. The van der Waals surface area contributed by atoms with E-state index < -0.39 is 15.7 Å². The van der Waals surface area contributed by atoms with E-state index in [0.29, 0.717) is 0 Å². The van der Waals surface area contributed by atoms with Crippen molar-refractivity contribution in [3.8, 4) is 12.1 Å². The van der Waals surface area contributed by atoms with Gasteiger partial charge in [0.1, 0.15) is 29.1 Å². The number of hydrogen-bond acceptors (Lipinski definition) is 8. The van der Waals surface area contributed by atoms with Crippen molar-refractivity contribution in [1.29, 1.82) is 10.5 Å². The standard InChI is InChI=1S/C12H14N4O2.C7H3FN2O2/c1-14-4-6-15(7-5-14)11-2-3-12(16(17)18)10(8-11)9-13;8-6-1-2-7(10(11)12)5(3-6)4-9/h2-3,8H,4-7H2,1H3;1-3H. The summed E-state index contributed by atoms with van der Waals surface area (Å²) in [6.07, 6.45) is 0. The monoisotopic (exact) mass is 412 g/mol. The first-order valence-electron chi connectivity index (χ1n) is 8.73. The lowest BCUT2D eigenvalue weighted by Crippen LogP contribution is -2.44. The maximum Gasteiger partial charge on any atom is 0.287 e. The average molecular weight is 412 g/mol. The van der Waals surface area contributed by atoms with Crippen LogP contribution in [0, 0.1) is 48.7 Å². The molecule has 2 aromatic rings. The van der Waals surface area contributed by atoms with E-state index in [4.69, 9.17) is 10.5 Å². The van der Waals surface area contributed by atoms with Gasteiger partial charge in [0, 0.05) is 44.0 Å². The van der Waals surface area contributed by atoms with Crippen LogP contribution in [0.3, 0.4) is 0 Å². The molecule has 0 unspecified atom stereocenters. The van der Waals surface area contributed by atoms with Crippen LogP contribution in [0.2, 0.25) is 0 Å². The van der Waals surface area contributed by atoms with Crippen LogP contribution in [0.4, 0.5) is 21.5 Å². The van der Waals surface area contributed by atoms with Crippen molar-refractivity contribution in [1.82, 2.24) is 4.90 Å². The molecular formula is C19H17FN6O4. The molecule has 30 heavy (non-hydrogen) atoms. The number of rotatable bonds is 3. The van der Waals surface area contributed by atoms with Crippen molar-refractivity contribution in [2.24, 2.45) is 0 Å². The first-order chi connectivity index (χ1) is 14.3. The van der Waals surface area contributed by atoms with E-state index in [-0.39, 0.29) is 22.5 Å². The SMILES string of the molecule is CN1CCN(c2ccc([N+](=O)[O-])c(C#N)c2)CC1.N#Cc1cc(F)ccc1[N+](=O)[O-]. The summed E-state index contributed by atoms with van der Waals surface area (Å²) in [4.78, 5) is 24.1. The highest BCUT2D eigenvalue weighted by Crippen LogP contribution is 2.25. The van der Waals surface area contributed by atoms with Gasteiger partial charge in [0.05, 0.1) is 9.85 Å². The molecular weight excluding hydrogens is 395 g/mol. The number of benzene rings is 2. The van der Waals surface area contributed by atoms with Gasteiger partial charge in [-0.25, -0.2) is 4.39 Å². The Hall–Kier alpha value is -4.09. The molecule has 0 bridgehead atoms. The second-order valence-electron chi connectivity index (χ2n) is 6.39. The maximum atomic E-state index is 12.4. The Bertz CT molecular complexity index is 1040. The number of nitriles is 2. The fraction of sp³-hybridized carbons (Fsp3) is 0.263. The van der Waals surface area contributed by atoms with E-state index in [0.717, 1.165) is 50.1 Å². The van der Waals surface area contributed by atoms with Crippen molar-refractivity contribution in [2.75, 3.05) is 38.1 Å². The smallest absolute Gasteiger partial charge is 0.287 e. The van der Waals surface area contributed by atoms with E-state index >= 15 is 0 Å².